The topological polar surface area (TPSA) is 66.9 Å². The van der Waals surface area contributed by atoms with Crippen LogP contribution in [0, 0.1) is 0 Å². The van der Waals surface area contributed by atoms with Crippen LogP contribution < -0.4 is 4.90 Å². The molecule has 0 saturated heterocycles. The number of hydrogen-bond donors (Lipinski definition) is 0. The normalized spacial score (nSPS) is 19.8. The minimum Gasteiger partial charge on any atom is -0.468 e. The van der Waals surface area contributed by atoms with Gasteiger partial charge in [0.25, 0.3) is 0 Å². The predicted octanol–water partition coefficient (Wildman–Crippen LogP) is 1.87. The third-order valence-electron chi connectivity index (χ3n) is 4.38. The van der Waals surface area contributed by atoms with Crippen molar-refractivity contribution in [1.29, 1.82) is 0 Å². The van der Waals surface area contributed by atoms with Gasteiger partial charge in [-0.1, -0.05) is 42.5 Å². The lowest BCUT2D eigenvalue weighted by Gasteiger charge is -2.27. The van der Waals surface area contributed by atoms with Crippen molar-refractivity contribution in [2.45, 2.75) is 17.5 Å². The lowest BCUT2D eigenvalue weighted by atomic mass is 10.1. The Morgan fingerprint density at radius 2 is 1.76 bits per heavy atom. The number of benzene rings is 2. The highest BCUT2D eigenvalue weighted by atomic mass is 32.2. The summed E-state index contributed by atoms with van der Waals surface area (Å²) in [5, 5.41) is 0. The van der Waals surface area contributed by atoms with Gasteiger partial charge in [0.15, 0.2) is 0 Å². The number of rotatable bonds is 3. The number of fused-ring (bicyclic) bond motifs is 1. The fourth-order valence-corrected chi connectivity index (χ4v) is 4.50. The molecule has 1 heterocycles. The number of nitrogens with zero attached hydrogens (tertiary/aromatic N) is 2. The minimum absolute atomic E-state index is 0.194. The molecule has 0 N–H and O–H groups in total. The highest BCUT2D eigenvalue weighted by molar-refractivity contribution is 7.89. The molecular weight excluding hydrogens is 340 g/mol. The molecule has 0 fully saturated rings. The monoisotopic (exact) mass is 360 g/mol. The molecule has 0 saturated carbocycles. The van der Waals surface area contributed by atoms with Crippen molar-refractivity contribution in [2.75, 3.05) is 25.6 Å². The van der Waals surface area contributed by atoms with E-state index in [1.54, 1.807) is 24.3 Å². The second-order valence-corrected chi connectivity index (χ2v) is 7.86. The molecule has 1 aliphatic heterocycles. The van der Waals surface area contributed by atoms with Crippen molar-refractivity contribution in [3.8, 4) is 0 Å². The molecule has 7 heteroatoms. The molecule has 0 radical (unpaired) electrons. The largest absolute Gasteiger partial charge is 0.468 e. The van der Waals surface area contributed by atoms with Crippen LogP contribution >= 0.6 is 0 Å². The second-order valence-electron chi connectivity index (χ2n) is 5.89. The lowest BCUT2D eigenvalue weighted by Crippen LogP contribution is -2.47. The molecule has 0 aromatic heterocycles. The van der Waals surface area contributed by atoms with Crippen LogP contribution in [-0.2, 0) is 26.1 Å². The van der Waals surface area contributed by atoms with E-state index in [1.807, 2.05) is 35.2 Å². The molecule has 3 rings (SSSR count). The van der Waals surface area contributed by atoms with Gasteiger partial charge < -0.3 is 9.64 Å². The van der Waals surface area contributed by atoms with Crippen molar-refractivity contribution >= 4 is 21.7 Å². The second kappa shape index (κ2) is 6.85. The van der Waals surface area contributed by atoms with Crippen LogP contribution in [-0.4, -0.2) is 45.4 Å². The number of hydrogen-bond acceptors (Lipinski definition) is 5. The number of ether oxygens (including phenoxy) is 1. The van der Waals surface area contributed by atoms with Gasteiger partial charge in [0, 0.05) is 20.1 Å². The van der Waals surface area contributed by atoms with Crippen molar-refractivity contribution in [2.24, 2.45) is 0 Å². The van der Waals surface area contributed by atoms with E-state index in [1.165, 1.54) is 14.2 Å². The summed E-state index contributed by atoms with van der Waals surface area (Å²) in [6.07, 6.45) is 0. The van der Waals surface area contributed by atoms with Gasteiger partial charge in [-0.15, -0.1) is 0 Å². The van der Waals surface area contributed by atoms with Gasteiger partial charge in [-0.25, -0.2) is 8.42 Å². The van der Waals surface area contributed by atoms with E-state index < -0.39 is 22.0 Å². The van der Waals surface area contributed by atoms with E-state index in [2.05, 4.69) is 0 Å². The maximum absolute atomic E-state index is 12.9. The first kappa shape index (κ1) is 17.4. The Labute approximate surface area is 147 Å². The van der Waals surface area contributed by atoms with E-state index in [9.17, 15) is 13.2 Å². The van der Waals surface area contributed by atoms with Crippen molar-refractivity contribution < 1.29 is 17.9 Å². The summed E-state index contributed by atoms with van der Waals surface area (Å²) in [7, 11) is -1.11. The highest BCUT2D eigenvalue weighted by Gasteiger charge is 2.40. The van der Waals surface area contributed by atoms with Crippen LogP contribution in [0.15, 0.2) is 59.5 Å². The molecule has 1 aliphatic rings. The Balaban J connectivity index is 2.10. The number of carbonyl (C=O) groups excluding carboxylic acids is 1. The molecule has 1 unspecified atom stereocenters. The standard InChI is InChI=1S/C18H20N2O4S/c1-19-16(18(21)24-2)13-20(12-14-8-4-3-5-9-14)15-10-6-7-11-17(15)25(19,22)23/h3-11,16H,12-13H2,1-2H3. The van der Waals surface area contributed by atoms with E-state index in [0.717, 1.165) is 9.87 Å². The van der Waals surface area contributed by atoms with Gasteiger partial charge in [0.2, 0.25) is 10.0 Å². The number of methoxy groups -OCH3 is 1. The third-order valence-corrected chi connectivity index (χ3v) is 6.30. The van der Waals surface area contributed by atoms with Crippen LogP contribution in [0.2, 0.25) is 0 Å². The zero-order valence-electron chi connectivity index (χ0n) is 14.1. The number of sulfonamides is 1. The smallest absolute Gasteiger partial charge is 0.326 e. The summed E-state index contributed by atoms with van der Waals surface area (Å²) in [6.45, 7) is 0.711. The zero-order chi connectivity index (χ0) is 18.0. The summed E-state index contributed by atoms with van der Waals surface area (Å²) in [6, 6.07) is 15.6. The van der Waals surface area contributed by atoms with Crippen LogP contribution in [0.4, 0.5) is 5.69 Å². The molecule has 0 amide bonds. The Kier molecular flexibility index (Phi) is 4.78. The van der Waals surface area contributed by atoms with Crippen LogP contribution in [0.1, 0.15) is 5.56 Å². The van der Waals surface area contributed by atoms with Gasteiger partial charge >= 0.3 is 5.97 Å². The van der Waals surface area contributed by atoms with E-state index >= 15 is 0 Å². The van der Waals surface area contributed by atoms with Gasteiger partial charge in [-0.2, -0.15) is 4.31 Å². The Morgan fingerprint density at radius 1 is 1.12 bits per heavy atom. The fourth-order valence-electron chi connectivity index (χ4n) is 2.99. The number of likely N-dealkylation sites (N-methyl/N-ethyl adjacent to an activating group) is 1. The average molecular weight is 360 g/mol. The molecule has 6 nitrogen and oxygen atoms in total. The minimum atomic E-state index is -3.80. The SMILES string of the molecule is COC(=O)C1CN(Cc2ccccc2)c2ccccc2S(=O)(=O)N1C. The fraction of sp³-hybridized carbons (Fsp3) is 0.278. The Bertz CT molecular complexity index is 868. The van der Waals surface area contributed by atoms with Crippen molar-refractivity contribution in [1.82, 2.24) is 4.31 Å². The predicted molar refractivity (Wildman–Crippen MR) is 94.7 cm³/mol. The number of carbonyl (C=O) groups is 1. The molecule has 0 spiro atoms. The summed E-state index contributed by atoms with van der Waals surface area (Å²) in [5.74, 6) is -0.572. The van der Waals surface area contributed by atoms with Crippen LogP contribution in [0.25, 0.3) is 0 Å². The van der Waals surface area contributed by atoms with Gasteiger partial charge in [-0.05, 0) is 17.7 Å². The summed E-state index contributed by atoms with van der Waals surface area (Å²) in [4.78, 5) is 14.3. The molecule has 132 valence electrons. The maximum Gasteiger partial charge on any atom is 0.326 e. The highest BCUT2D eigenvalue weighted by Crippen LogP contribution is 2.33. The molecule has 2 aromatic rings. The van der Waals surface area contributed by atoms with Crippen molar-refractivity contribution in [3.63, 3.8) is 0 Å². The molecular formula is C18H20N2O4S. The first-order chi connectivity index (χ1) is 11.9. The zero-order valence-corrected chi connectivity index (χ0v) is 14.9. The first-order valence-electron chi connectivity index (χ1n) is 7.89. The molecule has 25 heavy (non-hydrogen) atoms. The Hall–Kier alpha value is -2.38. The average Bonchev–Trinajstić information content (AvgIpc) is 2.71. The summed E-state index contributed by atoms with van der Waals surface area (Å²) < 4.78 is 31.8. The quantitative estimate of drug-likeness (QED) is 0.782. The lowest BCUT2D eigenvalue weighted by molar-refractivity contribution is -0.144. The number of anilines is 1. The molecule has 1 atom stereocenters. The summed E-state index contributed by atoms with van der Waals surface area (Å²) >= 11 is 0. The maximum atomic E-state index is 12.9. The third kappa shape index (κ3) is 3.25. The van der Waals surface area contributed by atoms with Gasteiger partial charge in [-0.3, -0.25) is 4.79 Å². The van der Waals surface area contributed by atoms with E-state index in [-0.39, 0.29) is 11.4 Å². The van der Waals surface area contributed by atoms with Crippen molar-refractivity contribution in [3.05, 3.63) is 60.2 Å². The van der Waals surface area contributed by atoms with E-state index in [4.69, 9.17) is 4.74 Å². The molecule has 0 bridgehead atoms. The Morgan fingerprint density at radius 3 is 2.44 bits per heavy atom. The summed E-state index contributed by atoms with van der Waals surface area (Å²) in [5.41, 5.74) is 1.62. The van der Waals surface area contributed by atoms with Crippen LogP contribution in [0.3, 0.4) is 0 Å². The number of para-hydroxylation sites is 1. The van der Waals surface area contributed by atoms with Gasteiger partial charge in [0.05, 0.1) is 12.8 Å². The number of esters is 1. The van der Waals surface area contributed by atoms with Gasteiger partial charge in [0.1, 0.15) is 10.9 Å². The molecule has 0 aliphatic carbocycles. The van der Waals surface area contributed by atoms with Crippen LogP contribution in [0.5, 0.6) is 0 Å². The van der Waals surface area contributed by atoms with E-state index in [0.29, 0.717) is 12.2 Å². The first-order valence-corrected chi connectivity index (χ1v) is 9.33. The molecule has 2 aromatic carbocycles.